The molecule has 0 radical (unpaired) electrons. The minimum atomic E-state index is -3.68. The Balaban J connectivity index is 2.21. The topological polar surface area (TPSA) is 64.6 Å². The highest BCUT2D eigenvalue weighted by Gasteiger charge is 2.16. The number of para-hydroxylation sites is 2. The van der Waals surface area contributed by atoms with Crippen LogP contribution < -0.4 is 14.2 Å². The van der Waals surface area contributed by atoms with Gasteiger partial charge in [-0.2, -0.15) is 0 Å². The minimum Gasteiger partial charge on any atom is -0.494 e. The van der Waals surface area contributed by atoms with Gasteiger partial charge in [0.15, 0.2) is 0 Å². The van der Waals surface area contributed by atoms with Crippen LogP contribution in [0.15, 0.2) is 53.4 Å². The Kier molecular flexibility index (Phi) is 5.87. The smallest absolute Gasteiger partial charge is 0.262 e. The Morgan fingerprint density at radius 3 is 2.30 bits per heavy atom. The monoisotopic (exact) mass is 335 g/mol. The van der Waals surface area contributed by atoms with Crippen molar-refractivity contribution in [3.63, 3.8) is 0 Å². The maximum atomic E-state index is 12.5. The number of rotatable bonds is 8. The molecule has 0 aromatic heterocycles. The van der Waals surface area contributed by atoms with Gasteiger partial charge in [-0.1, -0.05) is 19.1 Å². The lowest BCUT2D eigenvalue weighted by Gasteiger charge is -2.13. The van der Waals surface area contributed by atoms with Crippen molar-refractivity contribution in [2.75, 3.05) is 17.9 Å². The number of anilines is 1. The van der Waals surface area contributed by atoms with Crippen LogP contribution in [0.5, 0.6) is 11.5 Å². The molecule has 0 aliphatic heterocycles. The highest BCUT2D eigenvalue weighted by Crippen LogP contribution is 2.27. The third kappa shape index (κ3) is 4.63. The van der Waals surface area contributed by atoms with Crippen LogP contribution in [0.25, 0.3) is 0 Å². The fourth-order valence-corrected chi connectivity index (χ4v) is 3.04. The van der Waals surface area contributed by atoms with Crippen LogP contribution in [0.4, 0.5) is 5.69 Å². The molecule has 2 aromatic carbocycles. The van der Waals surface area contributed by atoms with Gasteiger partial charge in [0.1, 0.15) is 11.5 Å². The average molecular weight is 335 g/mol. The van der Waals surface area contributed by atoms with Crippen LogP contribution in [0.1, 0.15) is 20.3 Å². The van der Waals surface area contributed by atoms with E-state index in [1.807, 2.05) is 13.8 Å². The number of ether oxygens (including phenoxy) is 2. The fourth-order valence-electron chi connectivity index (χ4n) is 1.97. The maximum Gasteiger partial charge on any atom is 0.262 e. The molecule has 6 heteroatoms. The summed E-state index contributed by atoms with van der Waals surface area (Å²) in [4.78, 5) is 0.172. The highest BCUT2D eigenvalue weighted by molar-refractivity contribution is 7.92. The van der Waals surface area contributed by atoms with E-state index in [9.17, 15) is 8.42 Å². The van der Waals surface area contributed by atoms with Crippen molar-refractivity contribution >= 4 is 15.7 Å². The Hall–Kier alpha value is -2.21. The van der Waals surface area contributed by atoms with E-state index < -0.39 is 10.0 Å². The van der Waals surface area contributed by atoms with Crippen molar-refractivity contribution in [3.8, 4) is 11.5 Å². The third-order valence-corrected chi connectivity index (χ3v) is 4.42. The summed E-state index contributed by atoms with van der Waals surface area (Å²) in [7, 11) is -3.68. The van der Waals surface area contributed by atoms with Gasteiger partial charge in [0.05, 0.1) is 23.8 Å². The van der Waals surface area contributed by atoms with E-state index in [1.54, 1.807) is 36.4 Å². The molecular formula is C17H21NO4S. The Morgan fingerprint density at radius 2 is 1.65 bits per heavy atom. The molecule has 0 heterocycles. The minimum absolute atomic E-state index is 0.172. The summed E-state index contributed by atoms with van der Waals surface area (Å²) in [5.41, 5.74) is 0.426. The lowest BCUT2D eigenvalue weighted by atomic mass is 10.3. The first-order chi connectivity index (χ1) is 11.1. The lowest BCUT2D eigenvalue weighted by molar-refractivity contribution is 0.319. The van der Waals surface area contributed by atoms with Crippen LogP contribution in [0.3, 0.4) is 0 Å². The molecule has 1 N–H and O–H groups in total. The van der Waals surface area contributed by atoms with Gasteiger partial charge in [0, 0.05) is 0 Å². The zero-order chi connectivity index (χ0) is 16.7. The molecule has 0 unspecified atom stereocenters. The summed E-state index contributed by atoms with van der Waals surface area (Å²) in [5, 5.41) is 0. The first-order valence-corrected chi connectivity index (χ1v) is 9.02. The second-order valence-electron chi connectivity index (χ2n) is 4.85. The van der Waals surface area contributed by atoms with Crippen LogP contribution >= 0.6 is 0 Å². The van der Waals surface area contributed by atoms with Gasteiger partial charge in [0.25, 0.3) is 10.0 Å². The van der Waals surface area contributed by atoms with Crippen LogP contribution in [0, 0.1) is 0 Å². The van der Waals surface area contributed by atoms with E-state index in [-0.39, 0.29) is 4.90 Å². The van der Waals surface area contributed by atoms with Crippen molar-refractivity contribution in [1.29, 1.82) is 0 Å². The molecule has 0 aliphatic rings. The van der Waals surface area contributed by atoms with E-state index >= 15 is 0 Å². The van der Waals surface area contributed by atoms with E-state index in [0.717, 1.165) is 6.42 Å². The molecule has 5 nitrogen and oxygen atoms in total. The molecule has 0 spiro atoms. The van der Waals surface area contributed by atoms with Gasteiger partial charge in [-0.3, -0.25) is 4.72 Å². The molecule has 0 bridgehead atoms. The van der Waals surface area contributed by atoms with Crippen molar-refractivity contribution in [3.05, 3.63) is 48.5 Å². The molecule has 0 fully saturated rings. The van der Waals surface area contributed by atoms with Crippen molar-refractivity contribution in [2.45, 2.75) is 25.2 Å². The number of nitrogens with one attached hydrogen (secondary N) is 1. The summed E-state index contributed by atoms with van der Waals surface area (Å²) in [6.07, 6.45) is 0.847. The van der Waals surface area contributed by atoms with Gasteiger partial charge in [0.2, 0.25) is 0 Å². The number of sulfonamides is 1. The van der Waals surface area contributed by atoms with E-state index in [1.165, 1.54) is 12.1 Å². The van der Waals surface area contributed by atoms with Crippen LogP contribution in [-0.4, -0.2) is 21.6 Å². The highest BCUT2D eigenvalue weighted by atomic mass is 32.2. The molecule has 0 amide bonds. The van der Waals surface area contributed by atoms with Crippen molar-refractivity contribution in [2.24, 2.45) is 0 Å². The fraction of sp³-hybridized carbons (Fsp3) is 0.294. The maximum absolute atomic E-state index is 12.5. The number of hydrogen-bond donors (Lipinski definition) is 1. The molecule has 23 heavy (non-hydrogen) atoms. The van der Waals surface area contributed by atoms with Gasteiger partial charge < -0.3 is 9.47 Å². The first-order valence-electron chi connectivity index (χ1n) is 7.54. The second kappa shape index (κ2) is 7.87. The summed E-state index contributed by atoms with van der Waals surface area (Å²) in [6.45, 7) is 4.93. The van der Waals surface area contributed by atoms with Gasteiger partial charge in [-0.25, -0.2) is 8.42 Å². The van der Waals surface area contributed by atoms with Crippen molar-refractivity contribution < 1.29 is 17.9 Å². The third-order valence-electron chi connectivity index (χ3n) is 3.04. The van der Waals surface area contributed by atoms with Crippen molar-refractivity contribution in [1.82, 2.24) is 0 Å². The Morgan fingerprint density at radius 1 is 0.957 bits per heavy atom. The predicted molar refractivity (Wildman–Crippen MR) is 90.6 cm³/mol. The average Bonchev–Trinajstić information content (AvgIpc) is 2.54. The zero-order valence-corrected chi connectivity index (χ0v) is 14.1. The normalized spacial score (nSPS) is 11.0. The van der Waals surface area contributed by atoms with Crippen LogP contribution in [-0.2, 0) is 10.0 Å². The predicted octanol–water partition coefficient (Wildman–Crippen LogP) is 3.67. The second-order valence-corrected chi connectivity index (χ2v) is 6.54. The Bertz CT molecular complexity index is 727. The molecule has 124 valence electrons. The largest absolute Gasteiger partial charge is 0.494 e. The SMILES string of the molecule is CCCOc1ccccc1NS(=O)(=O)c1ccc(OCC)cc1. The van der Waals surface area contributed by atoms with Crippen LogP contribution in [0.2, 0.25) is 0 Å². The Labute approximate surface area is 137 Å². The number of hydrogen-bond acceptors (Lipinski definition) is 4. The zero-order valence-electron chi connectivity index (χ0n) is 13.3. The number of benzene rings is 2. The molecule has 0 saturated heterocycles. The summed E-state index contributed by atoms with van der Waals surface area (Å²) < 4.78 is 38.4. The van der Waals surface area contributed by atoms with Gasteiger partial charge >= 0.3 is 0 Å². The van der Waals surface area contributed by atoms with Gasteiger partial charge in [-0.05, 0) is 49.7 Å². The lowest BCUT2D eigenvalue weighted by Crippen LogP contribution is -2.14. The van der Waals surface area contributed by atoms with Gasteiger partial charge in [-0.15, -0.1) is 0 Å². The standard InChI is InChI=1S/C17H21NO4S/c1-3-13-22-17-8-6-5-7-16(17)18-23(19,20)15-11-9-14(10-12-15)21-4-2/h5-12,18H,3-4,13H2,1-2H3. The van der Waals surface area contributed by atoms with E-state index in [4.69, 9.17) is 9.47 Å². The summed E-state index contributed by atoms with van der Waals surface area (Å²) >= 11 is 0. The molecule has 0 saturated carbocycles. The quantitative estimate of drug-likeness (QED) is 0.799. The van der Waals surface area contributed by atoms with E-state index in [0.29, 0.717) is 30.4 Å². The first kappa shape index (κ1) is 17.1. The summed E-state index contributed by atoms with van der Waals surface area (Å²) in [6, 6.07) is 13.3. The summed E-state index contributed by atoms with van der Waals surface area (Å²) in [5.74, 6) is 1.15. The molecule has 2 aromatic rings. The molecule has 2 rings (SSSR count). The van der Waals surface area contributed by atoms with E-state index in [2.05, 4.69) is 4.72 Å². The molecular weight excluding hydrogens is 314 g/mol. The molecule has 0 aliphatic carbocycles. The molecule has 0 atom stereocenters.